The summed E-state index contributed by atoms with van der Waals surface area (Å²) in [5, 5.41) is 0. The minimum absolute atomic E-state index is 0.155. The molecule has 1 heterocycles. The summed E-state index contributed by atoms with van der Waals surface area (Å²) in [6.45, 7) is 8.75. The van der Waals surface area contributed by atoms with Gasteiger partial charge in [-0.2, -0.15) is 0 Å². The highest BCUT2D eigenvalue weighted by Gasteiger charge is 2.31. The lowest BCUT2D eigenvalue weighted by Gasteiger charge is -2.41. The van der Waals surface area contributed by atoms with Crippen molar-refractivity contribution < 1.29 is 14.3 Å². The van der Waals surface area contributed by atoms with E-state index in [9.17, 15) is 4.79 Å². The predicted molar refractivity (Wildman–Crippen MR) is 77.7 cm³/mol. The molecule has 0 amide bonds. The SMILES string of the molecule is COC(=O)c1ccccc1CN1CC(C)OC(C)(C)C1. The molecule has 0 radical (unpaired) electrons. The molecule has 110 valence electrons. The summed E-state index contributed by atoms with van der Waals surface area (Å²) < 4.78 is 10.8. The Morgan fingerprint density at radius 2 is 2.15 bits per heavy atom. The molecule has 0 spiro atoms. The fourth-order valence-corrected chi connectivity index (χ4v) is 2.91. The van der Waals surface area contributed by atoms with Gasteiger partial charge in [0.05, 0.1) is 24.4 Å². The van der Waals surface area contributed by atoms with Crippen LogP contribution in [0.25, 0.3) is 0 Å². The van der Waals surface area contributed by atoms with Gasteiger partial charge in [0.25, 0.3) is 0 Å². The van der Waals surface area contributed by atoms with Gasteiger partial charge in [-0.05, 0) is 32.4 Å². The van der Waals surface area contributed by atoms with E-state index in [-0.39, 0.29) is 17.7 Å². The molecule has 1 fully saturated rings. The lowest BCUT2D eigenvalue weighted by Crippen LogP contribution is -2.51. The molecule has 1 unspecified atom stereocenters. The first-order valence-electron chi connectivity index (χ1n) is 6.98. The summed E-state index contributed by atoms with van der Waals surface area (Å²) in [6.07, 6.45) is 0.198. The summed E-state index contributed by atoms with van der Waals surface area (Å²) in [7, 11) is 1.42. The highest BCUT2D eigenvalue weighted by atomic mass is 16.5. The van der Waals surface area contributed by atoms with E-state index in [2.05, 4.69) is 25.7 Å². The molecule has 1 aromatic rings. The zero-order valence-electron chi connectivity index (χ0n) is 12.7. The number of methoxy groups -OCH3 is 1. The lowest BCUT2D eigenvalue weighted by molar-refractivity contribution is -0.130. The second kappa shape index (κ2) is 5.94. The minimum atomic E-state index is -0.277. The smallest absolute Gasteiger partial charge is 0.338 e. The largest absolute Gasteiger partial charge is 0.465 e. The Kier molecular flexibility index (Phi) is 4.45. The molecule has 1 atom stereocenters. The van der Waals surface area contributed by atoms with Crippen molar-refractivity contribution in [1.29, 1.82) is 0 Å². The number of hydrogen-bond donors (Lipinski definition) is 0. The first-order chi connectivity index (χ1) is 9.41. The number of carbonyl (C=O) groups excluding carboxylic acids is 1. The Morgan fingerprint density at radius 3 is 2.80 bits per heavy atom. The van der Waals surface area contributed by atoms with E-state index in [4.69, 9.17) is 9.47 Å². The molecule has 0 aromatic heterocycles. The number of carbonyl (C=O) groups is 1. The van der Waals surface area contributed by atoms with Crippen molar-refractivity contribution in [1.82, 2.24) is 4.90 Å². The number of rotatable bonds is 3. The number of morpholine rings is 1. The van der Waals surface area contributed by atoms with Gasteiger partial charge in [-0.1, -0.05) is 18.2 Å². The van der Waals surface area contributed by atoms with Crippen molar-refractivity contribution in [3.8, 4) is 0 Å². The van der Waals surface area contributed by atoms with Crippen LogP contribution in [-0.4, -0.2) is 42.8 Å². The topological polar surface area (TPSA) is 38.8 Å². The van der Waals surface area contributed by atoms with Crippen LogP contribution in [0.3, 0.4) is 0 Å². The minimum Gasteiger partial charge on any atom is -0.465 e. The van der Waals surface area contributed by atoms with Gasteiger partial charge in [0.2, 0.25) is 0 Å². The molecule has 20 heavy (non-hydrogen) atoms. The zero-order valence-corrected chi connectivity index (χ0v) is 12.7. The zero-order chi connectivity index (χ0) is 14.8. The number of esters is 1. The van der Waals surface area contributed by atoms with E-state index in [0.717, 1.165) is 25.2 Å². The molecule has 1 aromatic carbocycles. The molecule has 0 bridgehead atoms. The first kappa shape index (κ1) is 15.0. The summed E-state index contributed by atoms with van der Waals surface area (Å²) in [5.74, 6) is -0.277. The molecular formula is C16H23NO3. The number of nitrogens with zero attached hydrogens (tertiary/aromatic N) is 1. The van der Waals surface area contributed by atoms with E-state index < -0.39 is 0 Å². The van der Waals surface area contributed by atoms with Crippen LogP contribution >= 0.6 is 0 Å². The molecule has 4 nitrogen and oxygen atoms in total. The second-order valence-corrected chi connectivity index (χ2v) is 6.01. The second-order valence-electron chi connectivity index (χ2n) is 6.01. The van der Waals surface area contributed by atoms with Gasteiger partial charge in [0, 0.05) is 19.6 Å². The Hall–Kier alpha value is -1.39. The van der Waals surface area contributed by atoms with Crippen molar-refractivity contribution in [3.63, 3.8) is 0 Å². The van der Waals surface area contributed by atoms with Crippen LogP contribution in [-0.2, 0) is 16.0 Å². The number of ether oxygens (including phenoxy) is 2. The normalized spacial score (nSPS) is 22.5. The number of hydrogen-bond acceptors (Lipinski definition) is 4. The Bertz CT molecular complexity index is 484. The maximum absolute atomic E-state index is 11.8. The van der Waals surface area contributed by atoms with E-state index in [0.29, 0.717) is 5.56 Å². The molecule has 0 saturated carbocycles. The molecule has 0 aliphatic carbocycles. The predicted octanol–water partition coefficient (Wildman–Crippen LogP) is 2.47. The monoisotopic (exact) mass is 277 g/mol. The van der Waals surface area contributed by atoms with Crippen molar-refractivity contribution in [2.75, 3.05) is 20.2 Å². The molecular weight excluding hydrogens is 254 g/mol. The third-order valence-electron chi connectivity index (χ3n) is 3.46. The lowest BCUT2D eigenvalue weighted by atomic mass is 10.0. The highest BCUT2D eigenvalue weighted by Crippen LogP contribution is 2.23. The van der Waals surface area contributed by atoms with Crippen LogP contribution in [0.4, 0.5) is 0 Å². The van der Waals surface area contributed by atoms with E-state index >= 15 is 0 Å². The van der Waals surface area contributed by atoms with Crippen LogP contribution in [0.5, 0.6) is 0 Å². The maximum atomic E-state index is 11.8. The van der Waals surface area contributed by atoms with Crippen molar-refractivity contribution in [2.24, 2.45) is 0 Å². The molecule has 4 heteroatoms. The van der Waals surface area contributed by atoms with Gasteiger partial charge in [-0.25, -0.2) is 4.79 Å². The molecule has 2 rings (SSSR count). The quantitative estimate of drug-likeness (QED) is 0.796. The van der Waals surface area contributed by atoms with Crippen LogP contribution in [0.1, 0.15) is 36.7 Å². The third-order valence-corrected chi connectivity index (χ3v) is 3.46. The summed E-state index contributed by atoms with van der Waals surface area (Å²) in [5.41, 5.74) is 1.49. The van der Waals surface area contributed by atoms with Gasteiger partial charge >= 0.3 is 5.97 Å². The first-order valence-corrected chi connectivity index (χ1v) is 6.98. The highest BCUT2D eigenvalue weighted by molar-refractivity contribution is 5.90. The van der Waals surface area contributed by atoms with E-state index in [1.54, 1.807) is 0 Å². The van der Waals surface area contributed by atoms with Crippen molar-refractivity contribution in [2.45, 2.75) is 39.0 Å². The number of benzene rings is 1. The van der Waals surface area contributed by atoms with Crippen molar-refractivity contribution >= 4 is 5.97 Å². The molecule has 1 aliphatic rings. The molecule has 1 aliphatic heterocycles. The van der Waals surface area contributed by atoms with Crippen LogP contribution in [0.15, 0.2) is 24.3 Å². The standard InChI is InChI=1S/C16H23NO3/c1-12-9-17(11-16(2,3)20-12)10-13-7-5-6-8-14(13)15(18)19-4/h5-8,12H,9-11H2,1-4H3. The third kappa shape index (κ3) is 3.58. The van der Waals surface area contributed by atoms with Gasteiger partial charge in [-0.15, -0.1) is 0 Å². The summed E-state index contributed by atoms with van der Waals surface area (Å²) in [6, 6.07) is 7.62. The van der Waals surface area contributed by atoms with Crippen LogP contribution in [0, 0.1) is 0 Å². The van der Waals surface area contributed by atoms with Crippen LogP contribution in [0.2, 0.25) is 0 Å². The Morgan fingerprint density at radius 1 is 1.45 bits per heavy atom. The van der Waals surface area contributed by atoms with Crippen LogP contribution < -0.4 is 0 Å². The molecule has 1 saturated heterocycles. The van der Waals surface area contributed by atoms with Crippen molar-refractivity contribution in [3.05, 3.63) is 35.4 Å². The maximum Gasteiger partial charge on any atom is 0.338 e. The summed E-state index contributed by atoms with van der Waals surface area (Å²) >= 11 is 0. The van der Waals surface area contributed by atoms with Gasteiger partial charge in [0.15, 0.2) is 0 Å². The van der Waals surface area contributed by atoms with Gasteiger partial charge in [-0.3, -0.25) is 4.90 Å². The fourth-order valence-electron chi connectivity index (χ4n) is 2.91. The Balaban J connectivity index is 2.16. The Labute approximate surface area is 120 Å². The summed E-state index contributed by atoms with van der Waals surface area (Å²) in [4.78, 5) is 14.1. The van der Waals surface area contributed by atoms with E-state index in [1.165, 1.54) is 7.11 Å². The average Bonchev–Trinajstić information content (AvgIpc) is 2.36. The average molecular weight is 277 g/mol. The van der Waals surface area contributed by atoms with Gasteiger partial charge in [0.1, 0.15) is 0 Å². The fraction of sp³-hybridized carbons (Fsp3) is 0.562. The van der Waals surface area contributed by atoms with Gasteiger partial charge < -0.3 is 9.47 Å². The van der Waals surface area contributed by atoms with E-state index in [1.807, 2.05) is 24.3 Å². The molecule has 0 N–H and O–H groups in total.